The summed E-state index contributed by atoms with van der Waals surface area (Å²) in [6, 6.07) is 12.3. The summed E-state index contributed by atoms with van der Waals surface area (Å²) in [6.07, 6.45) is 1.69. The number of carbonyl (C=O) groups excluding carboxylic acids is 2. The van der Waals surface area contributed by atoms with Crippen molar-refractivity contribution in [2.75, 3.05) is 13.7 Å². The maximum absolute atomic E-state index is 13.0. The zero-order valence-corrected chi connectivity index (χ0v) is 17.4. The molecule has 1 aliphatic heterocycles. The fraction of sp³-hybridized carbons (Fsp3) is 0.333. The van der Waals surface area contributed by atoms with Crippen molar-refractivity contribution in [3.05, 3.63) is 70.3 Å². The smallest absolute Gasteiger partial charge is 0.295 e. The first-order chi connectivity index (χ1) is 13.9. The first-order valence-electron chi connectivity index (χ1n) is 9.89. The number of ketones is 1. The fourth-order valence-electron chi connectivity index (χ4n) is 3.83. The number of hydrogen-bond donors (Lipinski definition) is 1. The normalized spacial score (nSPS) is 18.3. The van der Waals surface area contributed by atoms with Crippen molar-refractivity contribution in [2.45, 2.75) is 39.7 Å². The van der Waals surface area contributed by atoms with Crippen LogP contribution in [0.2, 0.25) is 0 Å². The molecular weight excluding hydrogens is 366 g/mol. The second kappa shape index (κ2) is 8.52. The number of ether oxygens (including phenoxy) is 1. The topological polar surface area (TPSA) is 66.8 Å². The van der Waals surface area contributed by atoms with Gasteiger partial charge in [-0.3, -0.25) is 9.59 Å². The summed E-state index contributed by atoms with van der Waals surface area (Å²) in [7, 11) is 1.58. The maximum Gasteiger partial charge on any atom is 0.295 e. The molecule has 152 valence electrons. The third-order valence-corrected chi connectivity index (χ3v) is 5.46. The maximum atomic E-state index is 13.0. The van der Waals surface area contributed by atoms with Gasteiger partial charge in [-0.05, 0) is 55.2 Å². The Balaban J connectivity index is 2.21. The molecule has 0 aliphatic carbocycles. The Kier molecular flexibility index (Phi) is 6.06. The molecule has 1 aliphatic rings. The Morgan fingerprint density at radius 3 is 2.45 bits per heavy atom. The first-order valence-corrected chi connectivity index (χ1v) is 9.89. The quantitative estimate of drug-likeness (QED) is 0.445. The molecule has 0 saturated carbocycles. The number of Topliss-reactive ketones (excluding diaryl/α,β-unsaturated/α-hetero) is 1. The van der Waals surface area contributed by atoms with Crippen LogP contribution < -0.4 is 4.74 Å². The van der Waals surface area contributed by atoms with Gasteiger partial charge < -0.3 is 14.7 Å². The van der Waals surface area contributed by atoms with Crippen molar-refractivity contribution < 1.29 is 19.4 Å². The summed E-state index contributed by atoms with van der Waals surface area (Å²) in [5.41, 5.74) is 3.27. The number of amides is 1. The highest BCUT2D eigenvalue weighted by Crippen LogP contribution is 2.41. The number of hydrogen-bond acceptors (Lipinski definition) is 4. The highest BCUT2D eigenvalue weighted by Gasteiger charge is 2.46. The summed E-state index contributed by atoms with van der Waals surface area (Å²) < 4.78 is 5.23. The number of rotatable bonds is 6. The van der Waals surface area contributed by atoms with Gasteiger partial charge in [-0.2, -0.15) is 0 Å². The minimum Gasteiger partial charge on any atom is -0.507 e. The van der Waals surface area contributed by atoms with Crippen LogP contribution in [0, 0.1) is 13.8 Å². The summed E-state index contributed by atoms with van der Waals surface area (Å²) in [6.45, 7) is 6.31. The Labute approximate surface area is 171 Å². The molecule has 2 aromatic rings. The monoisotopic (exact) mass is 393 g/mol. The van der Waals surface area contributed by atoms with E-state index in [4.69, 9.17) is 4.74 Å². The lowest BCUT2D eigenvalue weighted by atomic mass is 9.91. The number of aliphatic hydroxyl groups excluding tert-OH is 1. The predicted molar refractivity (Wildman–Crippen MR) is 113 cm³/mol. The molecule has 1 fully saturated rings. The molecule has 0 radical (unpaired) electrons. The van der Waals surface area contributed by atoms with E-state index in [1.54, 1.807) is 30.2 Å². The molecule has 29 heavy (non-hydrogen) atoms. The number of aryl methyl sites for hydroxylation is 2. The van der Waals surface area contributed by atoms with Crippen LogP contribution in [0.4, 0.5) is 0 Å². The zero-order valence-electron chi connectivity index (χ0n) is 17.4. The number of benzene rings is 2. The van der Waals surface area contributed by atoms with Crippen LogP contribution in [0.25, 0.3) is 5.76 Å². The lowest BCUT2D eigenvalue weighted by Gasteiger charge is -2.26. The number of aliphatic hydroxyl groups is 1. The second-order valence-electron chi connectivity index (χ2n) is 7.38. The molecule has 0 bridgehead atoms. The van der Waals surface area contributed by atoms with E-state index in [1.165, 1.54) is 0 Å². The Hall–Kier alpha value is -3.08. The highest BCUT2D eigenvalue weighted by atomic mass is 16.5. The van der Waals surface area contributed by atoms with E-state index in [0.29, 0.717) is 17.9 Å². The summed E-state index contributed by atoms with van der Waals surface area (Å²) in [4.78, 5) is 27.4. The summed E-state index contributed by atoms with van der Waals surface area (Å²) in [5, 5.41) is 11.2. The van der Waals surface area contributed by atoms with Crippen molar-refractivity contribution in [1.29, 1.82) is 0 Å². The van der Waals surface area contributed by atoms with Crippen LogP contribution in [0.3, 0.4) is 0 Å². The van der Waals surface area contributed by atoms with Crippen LogP contribution >= 0.6 is 0 Å². The molecule has 1 N–H and O–H groups in total. The van der Waals surface area contributed by atoms with Crippen LogP contribution in [0.1, 0.15) is 48.1 Å². The van der Waals surface area contributed by atoms with Crippen molar-refractivity contribution >= 4 is 17.4 Å². The number of likely N-dealkylation sites (tertiary alicyclic amines) is 1. The first kappa shape index (κ1) is 20.6. The van der Waals surface area contributed by atoms with E-state index in [9.17, 15) is 14.7 Å². The van der Waals surface area contributed by atoms with Gasteiger partial charge in [0.25, 0.3) is 11.7 Å². The lowest BCUT2D eigenvalue weighted by molar-refractivity contribution is -0.139. The third-order valence-electron chi connectivity index (χ3n) is 5.46. The fourth-order valence-corrected chi connectivity index (χ4v) is 3.83. The van der Waals surface area contributed by atoms with Gasteiger partial charge >= 0.3 is 0 Å². The van der Waals surface area contributed by atoms with Gasteiger partial charge in [0.15, 0.2) is 0 Å². The van der Waals surface area contributed by atoms with Crippen LogP contribution in [0.5, 0.6) is 5.75 Å². The van der Waals surface area contributed by atoms with Crippen molar-refractivity contribution in [3.8, 4) is 5.75 Å². The molecule has 1 unspecified atom stereocenters. The van der Waals surface area contributed by atoms with Gasteiger partial charge in [0.2, 0.25) is 0 Å². The number of unbranched alkanes of at least 4 members (excludes halogenated alkanes) is 1. The van der Waals surface area contributed by atoms with E-state index in [2.05, 4.69) is 0 Å². The average molecular weight is 393 g/mol. The van der Waals surface area contributed by atoms with Gasteiger partial charge in [-0.15, -0.1) is 0 Å². The van der Waals surface area contributed by atoms with Gasteiger partial charge in [-0.1, -0.05) is 37.6 Å². The molecule has 3 rings (SSSR count). The second-order valence-corrected chi connectivity index (χ2v) is 7.38. The Morgan fingerprint density at radius 1 is 1.10 bits per heavy atom. The average Bonchev–Trinajstić information content (AvgIpc) is 2.96. The van der Waals surface area contributed by atoms with Gasteiger partial charge in [0.1, 0.15) is 11.5 Å². The van der Waals surface area contributed by atoms with Crippen molar-refractivity contribution in [3.63, 3.8) is 0 Å². The summed E-state index contributed by atoms with van der Waals surface area (Å²) >= 11 is 0. The minimum absolute atomic E-state index is 0.143. The van der Waals surface area contributed by atoms with E-state index in [1.807, 2.05) is 45.0 Å². The minimum atomic E-state index is -0.637. The number of nitrogens with zero attached hydrogens (tertiary/aromatic N) is 1. The lowest BCUT2D eigenvalue weighted by Crippen LogP contribution is -2.30. The SMILES string of the molecule is CCCCN1C(=O)C(=O)/C(=C(/O)c2ccc(OC)cc2C)C1c1ccccc1C. The van der Waals surface area contributed by atoms with Gasteiger partial charge in [0.05, 0.1) is 18.7 Å². The number of methoxy groups -OCH3 is 1. The summed E-state index contributed by atoms with van der Waals surface area (Å²) in [5.74, 6) is -0.671. The predicted octanol–water partition coefficient (Wildman–Crippen LogP) is 4.53. The largest absolute Gasteiger partial charge is 0.507 e. The van der Waals surface area contributed by atoms with E-state index in [-0.39, 0.29) is 11.3 Å². The molecule has 1 saturated heterocycles. The molecular formula is C24H27NO4. The van der Waals surface area contributed by atoms with Crippen LogP contribution in [-0.2, 0) is 9.59 Å². The van der Waals surface area contributed by atoms with E-state index < -0.39 is 17.7 Å². The molecule has 5 heteroatoms. The molecule has 1 heterocycles. The standard InChI is InChI=1S/C24H27NO4/c1-5-6-13-25-21(18-10-8-7-9-15(18)2)20(23(27)24(25)28)22(26)19-12-11-17(29-4)14-16(19)3/h7-12,14,21,26H,5-6,13H2,1-4H3/b22-20+. The van der Waals surface area contributed by atoms with E-state index >= 15 is 0 Å². The molecule has 2 aromatic carbocycles. The highest BCUT2D eigenvalue weighted by molar-refractivity contribution is 6.46. The molecule has 0 spiro atoms. The van der Waals surface area contributed by atoms with Gasteiger partial charge in [-0.25, -0.2) is 0 Å². The van der Waals surface area contributed by atoms with Crippen molar-refractivity contribution in [2.24, 2.45) is 0 Å². The Morgan fingerprint density at radius 2 is 1.83 bits per heavy atom. The molecule has 1 atom stereocenters. The molecule has 0 aromatic heterocycles. The zero-order chi connectivity index (χ0) is 21.1. The molecule has 1 amide bonds. The number of carbonyl (C=O) groups is 2. The van der Waals surface area contributed by atoms with Crippen LogP contribution in [0.15, 0.2) is 48.0 Å². The van der Waals surface area contributed by atoms with Gasteiger partial charge in [0, 0.05) is 12.1 Å². The third kappa shape index (κ3) is 3.77. The molecule has 5 nitrogen and oxygen atoms in total. The van der Waals surface area contributed by atoms with E-state index in [0.717, 1.165) is 29.5 Å². The Bertz CT molecular complexity index is 977. The van der Waals surface area contributed by atoms with Crippen molar-refractivity contribution in [1.82, 2.24) is 4.90 Å². The van der Waals surface area contributed by atoms with Crippen LogP contribution in [-0.4, -0.2) is 35.4 Å².